The number of rotatable bonds is 5. The maximum atomic E-state index is 12.7. The first-order valence-corrected chi connectivity index (χ1v) is 10.5. The summed E-state index contributed by atoms with van der Waals surface area (Å²) in [4.78, 5) is 33.2. The molecule has 1 aromatic rings. The molecule has 4 rings (SSSR count). The van der Waals surface area contributed by atoms with Crippen LogP contribution in [-0.4, -0.2) is 83.1 Å². The number of amides is 2. The number of ether oxygens (including phenoxy) is 1. The van der Waals surface area contributed by atoms with Gasteiger partial charge in [-0.05, 0) is 31.1 Å². The molecule has 1 aromatic heterocycles. The lowest BCUT2D eigenvalue weighted by Crippen LogP contribution is -2.55. The van der Waals surface area contributed by atoms with Crippen molar-refractivity contribution < 1.29 is 14.3 Å². The summed E-state index contributed by atoms with van der Waals surface area (Å²) in [6, 6.07) is 0. The van der Waals surface area contributed by atoms with Crippen LogP contribution in [-0.2, 0) is 20.9 Å². The first-order chi connectivity index (χ1) is 13.7. The number of imidazole rings is 1. The van der Waals surface area contributed by atoms with Gasteiger partial charge in [-0.2, -0.15) is 0 Å². The quantitative estimate of drug-likeness (QED) is 0.793. The van der Waals surface area contributed by atoms with Gasteiger partial charge in [0.05, 0.1) is 12.9 Å². The number of nitrogens with zero attached hydrogens (tertiary/aromatic N) is 4. The van der Waals surface area contributed by atoms with Crippen LogP contribution < -0.4 is 5.32 Å². The zero-order valence-electron chi connectivity index (χ0n) is 16.5. The Morgan fingerprint density at radius 3 is 2.86 bits per heavy atom. The number of aromatic nitrogens is 2. The van der Waals surface area contributed by atoms with Crippen LogP contribution in [0.1, 0.15) is 32.1 Å². The largest absolute Gasteiger partial charge is 0.366 e. The molecule has 3 aliphatic rings. The highest BCUT2D eigenvalue weighted by Crippen LogP contribution is 2.40. The van der Waals surface area contributed by atoms with Crippen LogP contribution >= 0.6 is 0 Å². The molecule has 1 N–H and O–H groups in total. The van der Waals surface area contributed by atoms with E-state index in [2.05, 4.69) is 14.9 Å². The smallest absolute Gasteiger partial charge is 0.253 e. The van der Waals surface area contributed by atoms with Crippen LogP contribution in [0.25, 0.3) is 0 Å². The minimum atomic E-state index is -0.338. The average molecular weight is 390 g/mol. The molecule has 1 spiro atoms. The second-order valence-electron chi connectivity index (χ2n) is 8.36. The van der Waals surface area contributed by atoms with Crippen molar-refractivity contribution in [2.75, 3.05) is 45.9 Å². The van der Waals surface area contributed by atoms with E-state index in [1.165, 1.54) is 0 Å². The Morgan fingerprint density at radius 1 is 1.29 bits per heavy atom. The second-order valence-corrected chi connectivity index (χ2v) is 8.36. The summed E-state index contributed by atoms with van der Waals surface area (Å²) in [5.74, 6) is 0.391. The van der Waals surface area contributed by atoms with E-state index in [0.717, 1.165) is 65.0 Å². The van der Waals surface area contributed by atoms with Gasteiger partial charge in [-0.3, -0.25) is 9.59 Å². The summed E-state index contributed by atoms with van der Waals surface area (Å²) in [6.45, 7) is 6.09. The Kier molecular flexibility index (Phi) is 5.96. The number of likely N-dealkylation sites (tertiary alicyclic amines) is 2. The molecule has 0 radical (unpaired) electrons. The monoisotopic (exact) mass is 389 g/mol. The topological polar surface area (TPSA) is 79.7 Å². The molecule has 0 bridgehead atoms. The van der Waals surface area contributed by atoms with E-state index in [-0.39, 0.29) is 23.3 Å². The van der Waals surface area contributed by atoms with Gasteiger partial charge >= 0.3 is 0 Å². The standard InChI is InChI=1S/C20H31N5O3/c26-18-2-3-20(15-25(18)9-1-8-23-12-6-22-16-23)4-10-24(11-5-20)19(27)17-14-21-7-13-28-17/h6,12,16-17,21H,1-5,7-11,13-15H2/t17-/m0/s1. The highest BCUT2D eigenvalue weighted by Gasteiger charge is 2.42. The lowest BCUT2D eigenvalue weighted by atomic mass is 9.72. The number of hydrogen-bond acceptors (Lipinski definition) is 5. The first-order valence-electron chi connectivity index (χ1n) is 10.5. The van der Waals surface area contributed by atoms with Gasteiger partial charge in [-0.1, -0.05) is 0 Å². The van der Waals surface area contributed by atoms with Crippen molar-refractivity contribution in [3.8, 4) is 0 Å². The molecular formula is C20H31N5O3. The molecule has 3 aliphatic heterocycles. The fourth-order valence-electron chi connectivity index (χ4n) is 4.71. The van der Waals surface area contributed by atoms with Crippen LogP contribution in [0.4, 0.5) is 0 Å². The van der Waals surface area contributed by atoms with Gasteiger partial charge in [-0.25, -0.2) is 4.98 Å². The van der Waals surface area contributed by atoms with Gasteiger partial charge in [-0.15, -0.1) is 0 Å². The molecule has 4 heterocycles. The minimum absolute atomic E-state index is 0.117. The van der Waals surface area contributed by atoms with Gasteiger partial charge in [0.25, 0.3) is 5.91 Å². The summed E-state index contributed by atoms with van der Waals surface area (Å²) in [7, 11) is 0. The fraction of sp³-hybridized carbons (Fsp3) is 0.750. The summed E-state index contributed by atoms with van der Waals surface area (Å²) >= 11 is 0. The number of morpholine rings is 1. The van der Waals surface area contributed by atoms with Crippen molar-refractivity contribution in [2.24, 2.45) is 5.41 Å². The Labute approximate surface area is 166 Å². The number of hydrogen-bond donors (Lipinski definition) is 1. The number of nitrogens with one attached hydrogen (secondary N) is 1. The first kappa shape index (κ1) is 19.4. The maximum absolute atomic E-state index is 12.7. The molecule has 0 saturated carbocycles. The molecule has 2 amide bonds. The summed E-state index contributed by atoms with van der Waals surface area (Å²) < 4.78 is 7.68. The Hall–Kier alpha value is -1.93. The van der Waals surface area contributed by atoms with Crippen LogP contribution in [0.5, 0.6) is 0 Å². The molecule has 1 atom stereocenters. The van der Waals surface area contributed by atoms with Crippen molar-refractivity contribution in [1.82, 2.24) is 24.7 Å². The third-order valence-corrected chi connectivity index (χ3v) is 6.49. The van der Waals surface area contributed by atoms with E-state index in [9.17, 15) is 9.59 Å². The van der Waals surface area contributed by atoms with Gasteiger partial charge in [0.15, 0.2) is 0 Å². The predicted octanol–water partition coefficient (Wildman–Crippen LogP) is 0.493. The molecule has 3 fully saturated rings. The highest BCUT2D eigenvalue weighted by molar-refractivity contribution is 5.81. The van der Waals surface area contributed by atoms with Crippen LogP contribution in [0.15, 0.2) is 18.7 Å². The number of aryl methyl sites for hydroxylation is 1. The molecule has 154 valence electrons. The lowest BCUT2D eigenvalue weighted by Gasteiger charge is -2.48. The van der Waals surface area contributed by atoms with Crippen molar-refractivity contribution in [2.45, 2.75) is 44.8 Å². The van der Waals surface area contributed by atoms with E-state index < -0.39 is 0 Å². The minimum Gasteiger partial charge on any atom is -0.366 e. The van der Waals surface area contributed by atoms with E-state index in [1.54, 1.807) is 6.20 Å². The summed E-state index contributed by atoms with van der Waals surface area (Å²) in [5, 5.41) is 3.23. The molecule has 28 heavy (non-hydrogen) atoms. The SMILES string of the molecule is O=C1CCC2(CCN(C(=O)[C@@H]3CNCCO3)CC2)CN1CCCn1ccnc1. The van der Waals surface area contributed by atoms with Crippen LogP contribution in [0.3, 0.4) is 0 Å². The molecule has 0 aliphatic carbocycles. The van der Waals surface area contributed by atoms with E-state index in [4.69, 9.17) is 4.74 Å². The average Bonchev–Trinajstić information content (AvgIpc) is 3.25. The Morgan fingerprint density at radius 2 is 2.14 bits per heavy atom. The van der Waals surface area contributed by atoms with Gasteiger partial charge in [0.1, 0.15) is 6.10 Å². The van der Waals surface area contributed by atoms with Gasteiger partial charge in [0, 0.05) is 64.6 Å². The van der Waals surface area contributed by atoms with Crippen LogP contribution in [0, 0.1) is 5.41 Å². The van der Waals surface area contributed by atoms with E-state index >= 15 is 0 Å². The third-order valence-electron chi connectivity index (χ3n) is 6.49. The van der Waals surface area contributed by atoms with E-state index in [1.807, 2.05) is 22.3 Å². The Balaban J connectivity index is 1.27. The highest BCUT2D eigenvalue weighted by atomic mass is 16.5. The second kappa shape index (κ2) is 8.61. The third kappa shape index (κ3) is 4.38. The van der Waals surface area contributed by atoms with Crippen molar-refractivity contribution in [3.63, 3.8) is 0 Å². The number of piperidine rings is 2. The molecular weight excluding hydrogens is 358 g/mol. The zero-order valence-corrected chi connectivity index (χ0v) is 16.5. The van der Waals surface area contributed by atoms with Crippen molar-refractivity contribution in [3.05, 3.63) is 18.7 Å². The summed E-state index contributed by atoms with van der Waals surface area (Å²) in [5.41, 5.74) is 0.172. The molecule has 8 heteroatoms. The maximum Gasteiger partial charge on any atom is 0.253 e. The summed E-state index contributed by atoms with van der Waals surface area (Å²) in [6.07, 6.45) is 9.70. The number of carbonyl (C=O) groups is 2. The molecule has 0 aromatic carbocycles. The van der Waals surface area contributed by atoms with E-state index in [0.29, 0.717) is 19.6 Å². The predicted molar refractivity (Wildman–Crippen MR) is 104 cm³/mol. The normalized spacial score (nSPS) is 25.3. The fourth-order valence-corrected chi connectivity index (χ4v) is 4.71. The zero-order chi connectivity index (χ0) is 19.4. The number of carbonyl (C=O) groups excluding carboxylic acids is 2. The van der Waals surface area contributed by atoms with Gasteiger partial charge in [0.2, 0.25) is 5.91 Å². The molecule has 3 saturated heterocycles. The Bertz CT molecular complexity index is 663. The van der Waals surface area contributed by atoms with Crippen LogP contribution in [0.2, 0.25) is 0 Å². The van der Waals surface area contributed by atoms with Crippen molar-refractivity contribution >= 4 is 11.8 Å². The van der Waals surface area contributed by atoms with Gasteiger partial charge < -0.3 is 24.4 Å². The van der Waals surface area contributed by atoms with Crippen molar-refractivity contribution in [1.29, 1.82) is 0 Å². The molecule has 8 nitrogen and oxygen atoms in total. The molecule has 0 unspecified atom stereocenters. The lowest BCUT2D eigenvalue weighted by molar-refractivity contribution is -0.150.